The van der Waals surface area contributed by atoms with Crippen LogP contribution in [0.2, 0.25) is 0 Å². The first-order valence-electron chi connectivity index (χ1n) is 21.5. The second-order valence-electron chi connectivity index (χ2n) is 14.4. The number of amides is 2. The largest absolute Gasteiger partial charge is 0.495 e. The van der Waals surface area contributed by atoms with Crippen molar-refractivity contribution in [3.05, 3.63) is 238 Å². The number of nitrogens with zero attached hydrogens (tertiary/aromatic N) is 2. The quantitative estimate of drug-likeness (QED) is 0.0224. The molecule has 0 aliphatic rings. The Morgan fingerprint density at radius 1 is 0.527 bits per heavy atom. The summed E-state index contributed by atoms with van der Waals surface area (Å²) in [5.74, 6) is 1.56. The van der Waals surface area contributed by atoms with Crippen LogP contribution in [0.25, 0.3) is 0 Å². The summed E-state index contributed by atoms with van der Waals surface area (Å²) in [5, 5.41) is 26.2. The van der Waals surface area contributed by atoms with Gasteiger partial charge >= 0.3 is 0 Å². The number of methoxy groups -OCH3 is 3. The van der Waals surface area contributed by atoms with Crippen LogP contribution in [0.5, 0.6) is 17.2 Å². The number of non-ortho nitro benzene ring substituents is 2. The maximum absolute atomic E-state index is 12.8. The lowest BCUT2D eigenvalue weighted by Crippen LogP contribution is -2.13. The fourth-order valence-corrected chi connectivity index (χ4v) is 8.57. The van der Waals surface area contributed by atoms with E-state index >= 15 is 0 Å². The molecule has 0 aliphatic heterocycles. The number of hydrogen-bond acceptors (Lipinski definition) is 13. The monoisotopic (exact) mass is 1280 g/mol. The van der Waals surface area contributed by atoms with Crippen molar-refractivity contribution in [3.8, 4) is 17.2 Å². The number of nitrogens with one attached hydrogen (secondary N) is 2. The van der Waals surface area contributed by atoms with Crippen LogP contribution in [0.15, 0.2) is 209 Å². The van der Waals surface area contributed by atoms with Gasteiger partial charge < -0.3 is 30.6 Å². The van der Waals surface area contributed by atoms with E-state index in [1.165, 1.54) is 36.0 Å². The summed E-state index contributed by atoms with van der Waals surface area (Å²) in [5.41, 5.74) is 9.30. The van der Waals surface area contributed by atoms with E-state index in [1.807, 2.05) is 97.1 Å². The molecule has 2 amide bonds. The number of carbonyl (C=O) groups is 3. The lowest BCUT2D eigenvalue weighted by molar-refractivity contribution is -0.385. The molecule has 20 heteroatoms. The van der Waals surface area contributed by atoms with Crippen molar-refractivity contribution in [1.82, 2.24) is 0 Å². The zero-order chi connectivity index (χ0) is 54.0. The van der Waals surface area contributed by atoms with Crippen molar-refractivity contribution in [2.24, 2.45) is 0 Å². The van der Waals surface area contributed by atoms with Gasteiger partial charge in [-0.1, -0.05) is 84.6 Å². The molecular weight excluding hydrogens is 1230 g/mol. The van der Waals surface area contributed by atoms with Crippen molar-refractivity contribution in [2.45, 2.75) is 14.7 Å². The van der Waals surface area contributed by atoms with Gasteiger partial charge in [-0.15, -0.1) is 12.6 Å². The molecule has 4 N–H and O–H groups in total. The molecule has 0 unspecified atom stereocenters. The van der Waals surface area contributed by atoms with Crippen molar-refractivity contribution in [2.75, 3.05) is 37.7 Å². The smallest absolute Gasteiger partial charge is 0.269 e. The van der Waals surface area contributed by atoms with E-state index in [2.05, 4.69) is 68.4 Å². The topological polar surface area (TPSA) is 215 Å². The van der Waals surface area contributed by atoms with Gasteiger partial charge in [-0.25, -0.2) is 0 Å². The normalized spacial score (nSPS) is 9.77. The third-order valence-corrected chi connectivity index (χ3v) is 13.0. The number of nitro groups is 2. The average Bonchev–Trinajstić information content (AvgIpc) is 3.40. The summed E-state index contributed by atoms with van der Waals surface area (Å²) >= 11 is 14.8. The molecule has 74 heavy (non-hydrogen) atoms. The second-order valence-corrected chi connectivity index (χ2v) is 18.7. The van der Waals surface area contributed by atoms with Crippen molar-refractivity contribution in [1.29, 1.82) is 0 Å². The second kappa shape index (κ2) is 31.4. The lowest BCUT2D eigenvalue weighted by atomic mass is 10.2. The highest BCUT2D eigenvalue weighted by molar-refractivity contribution is 14.1. The van der Waals surface area contributed by atoms with E-state index in [9.17, 15) is 34.6 Å². The summed E-state index contributed by atoms with van der Waals surface area (Å²) in [6, 6.07) is 56.0. The van der Waals surface area contributed by atoms with Gasteiger partial charge in [0.15, 0.2) is 0 Å². The fraction of sp³-hybridized carbons (Fsp3) is 0.0556. The minimum atomic E-state index is -0.441. The maximum Gasteiger partial charge on any atom is 0.269 e. The Morgan fingerprint density at radius 2 is 0.905 bits per heavy atom. The third kappa shape index (κ3) is 19.3. The number of thiol groups is 1. The predicted molar refractivity (Wildman–Crippen MR) is 312 cm³/mol. The molecule has 0 bridgehead atoms. The first kappa shape index (κ1) is 59.4. The number of hydrogen-bond donors (Lipinski definition) is 4. The molecule has 8 rings (SSSR count). The van der Waals surface area contributed by atoms with E-state index in [0.29, 0.717) is 45.3 Å². The molecule has 8 aromatic rings. The number of halogens is 3. The summed E-state index contributed by atoms with van der Waals surface area (Å²) in [6.07, 6.45) is 0. The highest BCUT2D eigenvalue weighted by atomic mass is 127. The molecule has 8 aromatic carbocycles. The van der Waals surface area contributed by atoms with Crippen molar-refractivity contribution in [3.63, 3.8) is 0 Å². The molecule has 0 aromatic heterocycles. The Balaban J connectivity index is 0.000000217. The van der Waals surface area contributed by atoms with Crippen LogP contribution in [0.3, 0.4) is 0 Å². The number of benzene rings is 8. The van der Waals surface area contributed by atoms with Crippen LogP contribution in [-0.2, 0) is 0 Å². The SMILES string of the molecule is COc1ccccc1N.COc1ccccc1NC(=O)c1ccccc1I.COc1ccccc1NC(=O)c1ccccc1Sc1ccc([N+](=O)[O-])cc1.O=C(Cl)c1ccccc1I.O=[N+]([O-])c1ccc(S)cc1. The molecule has 0 saturated heterocycles. The predicted octanol–water partition coefficient (Wildman–Crippen LogP) is 14.4. The van der Waals surface area contributed by atoms with Gasteiger partial charge in [-0.2, -0.15) is 0 Å². The van der Waals surface area contributed by atoms with Gasteiger partial charge in [0.05, 0.1) is 59.4 Å². The third-order valence-electron chi connectivity index (χ3n) is 9.52. The number of ether oxygens (including phenoxy) is 3. The molecule has 0 fully saturated rings. The van der Waals surface area contributed by atoms with Gasteiger partial charge in [0, 0.05) is 51.7 Å². The fourth-order valence-electron chi connectivity index (χ4n) is 5.89. The summed E-state index contributed by atoms with van der Waals surface area (Å²) in [6.45, 7) is 0. The Kier molecular flexibility index (Phi) is 25.2. The molecule has 15 nitrogen and oxygen atoms in total. The van der Waals surface area contributed by atoms with E-state index < -0.39 is 15.1 Å². The number of nitrogen functional groups attached to an aromatic ring is 1. The minimum Gasteiger partial charge on any atom is -0.495 e. The number of rotatable bonds is 12. The van der Waals surface area contributed by atoms with Crippen LogP contribution in [0.1, 0.15) is 31.1 Å². The number of anilines is 3. The van der Waals surface area contributed by atoms with Crippen molar-refractivity contribution < 1.29 is 38.4 Å². The summed E-state index contributed by atoms with van der Waals surface area (Å²) in [4.78, 5) is 57.8. The van der Waals surface area contributed by atoms with Gasteiger partial charge in [-0.05, 0) is 154 Å². The van der Waals surface area contributed by atoms with Crippen LogP contribution in [0, 0.1) is 27.4 Å². The summed E-state index contributed by atoms with van der Waals surface area (Å²) in [7, 11) is 4.73. The lowest BCUT2D eigenvalue weighted by Gasteiger charge is -2.12. The number of carbonyl (C=O) groups excluding carboxylic acids is 3. The van der Waals surface area contributed by atoms with Gasteiger partial charge in [0.25, 0.3) is 28.4 Å². The molecule has 0 radical (unpaired) electrons. The van der Waals surface area contributed by atoms with E-state index in [-0.39, 0.29) is 23.2 Å². The van der Waals surface area contributed by atoms with E-state index in [4.69, 9.17) is 31.5 Å². The zero-order valence-electron chi connectivity index (χ0n) is 39.5. The number of para-hydroxylation sites is 6. The highest BCUT2D eigenvalue weighted by Gasteiger charge is 2.16. The Bertz CT molecular complexity index is 3160. The van der Waals surface area contributed by atoms with Gasteiger partial charge in [0.1, 0.15) is 17.2 Å². The zero-order valence-corrected chi connectivity index (χ0v) is 46.3. The Hall–Kier alpha value is -7.18. The highest BCUT2D eigenvalue weighted by Crippen LogP contribution is 2.33. The number of nitro benzene ring substituents is 2. The van der Waals surface area contributed by atoms with Crippen LogP contribution >= 0.6 is 81.2 Å². The molecule has 0 spiro atoms. The molecule has 380 valence electrons. The average molecular weight is 1280 g/mol. The van der Waals surface area contributed by atoms with Crippen LogP contribution in [-0.4, -0.2) is 48.2 Å². The van der Waals surface area contributed by atoms with Crippen molar-refractivity contribution >= 4 is 127 Å². The van der Waals surface area contributed by atoms with E-state index in [1.54, 1.807) is 94.1 Å². The maximum atomic E-state index is 12.8. The Morgan fingerprint density at radius 3 is 1.32 bits per heavy atom. The summed E-state index contributed by atoms with van der Waals surface area (Å²) < 4.78 is 17.2. The number of nitrogens with two attached hydrogens (primary N) is 1. The van der Waals surface area contributed by atoms with Crippen LogP contribution < -0.4 is 30.6 Å². The minimum absolute atomic E-state index is 0.0292. The first-order valence-corrected chi connectivity index (χ1v) is 25.3. The molecule has 0 atom stereocenters. The van der Waals surface area contributed by atoms with Gasteiger partial charge in [-0.3, -0.25) is 34.6 Å². The molecular formula is C54H46ClI2N5O10S2. The Labute approximate surface area is 469 Å². The van der Waals surface area contributed by atoms with E-state index in [0.717, 1.165) is 27.6 Å². The van der Waals surface area contributed by atoms with Crippen LogP contribution in [0.4, 0.5) is 28.4 Å². The molecule has 0 saturated carbocycles. The first-order chi connectivity index (χ1) is 35.6. The van der Waals surface area contributed by atoms with Gasteiger partial charge in [0.2, 0.25) is 0 Å². The standard InChI is InChI=1S/C20H16N2O4S.C14H12INO2.C7H4ClIO.C7H9NO.C6H5NO2S/c1-26-18-8-4-3-7-17(18)21-20(23)16-6-2-5-9-19(16)27-15-12-10-14(11-13-15)22(24)25;1-18-13-9-5-4-8-12(13)16-14(17)10-6-2-3-7-11(10)15;8-7(10)5-3-1-2-4-6(5)9;1-9-7-5-3-2-4-6(7)8;8-7(9)5-1-3-6(10)4-2-5/h2-13H,1H3,(H,21,23);2-9H,1H3,(H,16,17);1-4H;2-5H,8H2,1H3;1-4,10H. The molecule has 0 aliphatic carbocycles. The molecule has 0 heterocycles.